The Kier molecular flexibility index (Phi) is 8.08. The van der Waals surface area contributed by atoms with E-state index >= 15 is 0 Å². The van der Waals surface area contributed by atoms with E-state index in [1.165, 1.54) is 0 Å². The van der Waals surface area contributed by atoms with Crippen molar-refractivity contribution in [3.8, 4) is 0 Å². The maximum atomic E-state index is 13.8. The van der Waals surface area contributed by atoms with Crippen LogP contribution in [-0.4, -0.2) is 34.3 Å². The number of carbonyl (C=O) groups excluding carboxylic acids is 1. The largest absolute Gasteiger partial charge is 0.463 e. The fourth-order valence-corrected chi connectivity index (χ4v) is 4.79. The summed E-state index contributed by atoms with van der Waals surface area (Å²) in [6.07, 6.45) is 3.47. The summed E-state index contributed by atoms with van der Waals surface area (Å²) in [6, 6.07) is 5.02. The van der Waals surface area contributed by atoms with Gasteiger partial charge in [-0.2, -0.15) is 4.39 Å². The van der Waals surface area contributed by atoms with Crippen molar-refractivity contribution >= 4 is 29.2 Å². The highest BCUT2D eigenvalue weighted by atomic mass is 35.5. The molecule has 0 unspecified atom stereocenters. The first-order chi connectivity index (χ1) is 16.3. The van der Waals surface area contributed by atoms with Gasteiger partial charge in [0.1, 0.15) is 18.9 Å². The molecule has 2 heterocycles. The number of aromatic nitrogens is 2. The number of aromatic amines is 1. The summed E-state index contributed by atoms with van der Waals surface area (Å²) in [5.74, 6) is -1.52. The molecular formula is C23H25Cl2FN2O6. The Balaban J connectivity index is 1.48. The highest BCUT2D eigenvalue weighted by molar-refractivity contribution is 6.35. The molecule has 0 bridgehead atoms. The highest BCUT2D eigenvalue weighted by Gasteiger charge is 2.39. The van der Waals surface area contributed by atoms with Gasteiger partial charge < -0.3 is 14.2 Å². The third-order valence-corrected chi connectivity index (χ3v) is 6.80. The van der Waals surface area contributed by atoms with Gasteiger partial charge in [0, 0.05) is 16.5 Å². The molecule has 2 aliphatic rings. The zero-order valence-corrected chi connectivity index (χ0v) is 19.8. The Morgan fingerprint density at radius 3 is 2.71 bits per heavy atom. The maximum Gasteiger partial charge on any atom is 0.330 e. The minimum atomic E-state index is -1.11. The molecule has 4 rings (SSSR count). The van der Waals surface area contributed by atoms with Gasteiger partial charge in [0.05, 0.1) is 24.8 Å². The summed E-state index contributed by atoms with van der Waals surface area (Å²) < 4.78 is 32.3. The van der Waals surface area contributed by atoms with Gasteiger partial charge in [-0.05, 0) is 30.5 Å². The van der Waals surface area contributed by atoms with Crippen LogP contribution in [0.3, 0.4) is 0 Å². The second kappa shape index (κ2) is 11.0. The fraction of sp³-hybridized carbons (Fsp3) is 0.522. The molecule has 1 saturated heterocycles. The molecule has 0 radical (unpaired) electrons. The third kappa shape index (κ3) is 5.89. The van der Waals surface area contributed by atoms with Gasteiger partial charge in [0.15, 0.2) is 0 Å². The molecule has 1 N–H and O–H groups in total. The normalized spacial score (nSPS) is 23.2. The Hall–Kier alpha value is -2.20. The molecule has 184 valence electrons. The topological polar surface area (TPSA) is 99.6 Å². The van der Waals surface area contributed by atoms with E-state index < -0.39 is 35.5 Å². The number of hydrogen-bond donors (Lipinski definition) is 1. The summed E-state index contributed by atoms with van der Waals surface area (Å²) in [4.78, 5) is 38.0. The van der Waals surface area contributed by atoms with Crippen molar-refractivity contribution in [2.45, 2.75) is 63.6 Å². The number of ether oxygens (including phenoxy) is 3. The zero-order chi connectivity index (χ0) is 24.2. The molecule has 1 aliphatic heterocycles. The zero-order valence-electron chi connectivity index (χ0n) is 18.3. The first-order valence-electron chi connectivity index (χ1n) is 11.2. The van der Waals surface area contributed by atoms with Crippen molar-refractivity contribution < 1.29 is 23.4 Å². The average Bonchev–Trinajstić information content (AvgIpc) is 3.22. The van der Waals surface area contributed by atoms with Crippen molar-refractivity contribution in [2.75, 3.05) is 6.61 Å². The SMILES string of the molecule is O=C(OC[C@H]1O[C@@H](n2cc(F)c(=O)[nH]c2=O)C[C@@H]1OCc1ccc(Cl)cc1Cl)C1CCCCC1. The lowest BCUT2D eigenvalue weighted by Gasteiger charge is -2.23. The van der Waals surface area contributed by atoms with Gasteiger partial charge in [-0.15, -0.1) is 0 Å². The number of nitrogens with one attached hydrogen (secondary N) is 1. The van der Waals surface area contributed by atoms with Crippen molar-refractivity contribution in [3.63, 3.8) is 0 Å². The summed E-state index contributed by atoms with van der Waals surface area (Å²) in [5, 5.41) is 0.923. The molecule has 0 amide bonds. The molecule has 3 atom stereocenters. The van der Waals surface area contributed by atoms with Crippen molar-refractivity contribution in [2.24, 2.45) is 5.92 Å². The molecule has 0 spiro atoms. The van der Waals surface area contributed by atoms with E-state index in [1.54, 1.807) is 18.2 Å². The summed E-state index contributed by atoms with van der Waals surface area (Å²) >= 11 is 12.2. The number of halogens is 3. The minimum Gasteiger partial charge on any atom is -0.463 e. The molecule has 2 fully saturated rings. The molecular weight excluding hydrogens is 490 g/mol. The number of carbonyl (C=O) groups is 1. The Morgan fingerprint density at radius 1 is 1.21 bits per heavy atom. The van der Waals surface area contributed by atoms with Crippen LogP contribution in [0.2, 0.25) is 10.0 Å². The quantitative estimate of drug-likeness (QED) is 0.561. The van der Waals surface area contributed by atoms with E-state index in [2.05, 4.69) is 0 Å². The summed E-state index contributed by atoms with van der Waals surface area (Å²) in [6.45, 7) is 0.0458. The average molecular weight is 515 g/mol. The van der Waals surface area contributed by atoms with Crippen LogP contribution in [0.1, 0.15) is 50.3 Å². The summed E-state index contributed by atoms with van der Waals surface area (Å²) in [5.41, 5.74) is -1.22. The van der Waals surface area contributed by atoms with Gasteiger partial charge >= 0.3 is 11.7 Å². The highest BCUT2D eigenvalue weighted by Crippen LogP contribution is 2.32. The maximum absolute atomic E-state index is 13.8. The predicted molar refractivity (Wildman–Crippen MR) is 122 cm³/mol. The van der Waals surface area contributed by atoms with Crippen molar-refractivity contribution in [1.29, 1.82) is 0 Å². The molecule has 8 nitrogen and oxygen atoms in total. The Labute approximate surface area is 204 Å². The lowest BCUT2D eigenvalue weighted by Crippen LogP contribution is -2.34. The fourth-order valence-electron chi connectivity index (χ4n) is 4.33. The molecule has 34 heavy (non-hydrogen) atoms. The van der Waals surface area contributed by atoms with Crippen LogP contribution < -0.4 is 11.2 Å². The lowest BCUT2D eigenvalue weighted by molar-refractivity contribution is -0.157. The summed E-state index contributed by atoms with van der Waals surface area (Å²) in [7, 11) is 0. The van der Waals surface area contributed by atoms with Gasteiger partial charge in [-0.25, -0.2) is 4.79 Å². The van der Waals surface area contributed by atoms with E-state index in [0.717, 1.165) is 42.9 Å². The number of rotatable bonds is 7. The van der Waals surface area contributed by atoms with Crippen LogP contribution >= 0.6 is 23.2 Å². The third-order valence-electron chi connectivity index (χ3n) is 6.21. The van der Waals surface area contributed by atoms with E-state index in [1.807, 2.05) is 4.98 Å². The molecule has 1 aliphatic carbocycles. The predicted octanol–water partition coefficient (Wildman–Crippen LogP) is 3.98. The van der Waals surface area contributed by atoms with E-state index in [0.29, 0.717) is 15.6 Å². The van der Waals surface area contributed by atoms with Gasteiger partial charge in [0.25, 0.3) is 5.56 Å². The number of hydrogen-bond acceptors (Lipinski definition) is 6. The second-order valence-electron chi connectivity index (χ2n) is 8.56. The van der Waals surface area contributed by atoms with Crippen LogP contribution in [0, 0.1) is 11.7 Å². The standard InChI is InChI=1S/C23H25Cl2FN2O6/c24-15-7-6-14(16(25)8-15)11-32-18-9-20(28-10-17(26)21(29)27-23(28)31)34-19(18)12-33-22(30)13-4-2-1-3-5-13/h6-8,10,13,18-20H,1-5,9,11-12H2,(H,27,29,31)/t18-,19+,20+/m0/s1. The van der Waals surface area contributed by atoms with Crippen LogP contribution in [0.15, 0.2) is 34.0 Å². The van der Waals surface area contributed by atoms with E-state index in [4.69, 9.17) is 37.4 Å². The number of H-pyrrole nitrogens is 1. The molecule has 1 aromatic carbocycles. The monoisotopic (exact) mass is 514 g/mol. The van der Waals surface area contributed by atoms with Gasteiger partial charge in [0.2, 0.25) is 5.82 Å². The van der Waals surface area contributed by atoms with Crippen molar-refractivity contribution in [3.05, 3.63) is 66.7 Å². The van der Waals surface area contributed by atoms with Crippen LogP contribution in [-0.2, 0) is 25.6 Å². The first kappa shape index (κ1) is 24.9. The molecule has 1 saturated carbocycles. The Bertz CT molecular complexity index is 1150. The van der Waals surface area contributed by atoms with E-state index in [9.17, 15) is 18.8 Å². The number of benzene rings is 1. The van der Waals surface area contributed by atoms with Crippen LogP contribution in [0.4, 0.5) is 4.39 Å². The van der Waals surface area contributed by atoms with Gasteiger partial charge in [-0.3, -0.25) is 19.1 Å². The number of nitrogens with zero attached hydrogens (tertiary/aromatic N) is 1. The lowest BCUT2D eigenvalue weighted by atomic mass is 9.89. The minimum absolute atomic E-state index is 0.0779. The first-order valence-corrected chi connectivity index (χ1v) is 12.0. The molecule has 1 aromatic heterocycles. The molecule has 2 aromatic rings. The smallest absolute Gasteiger partial charge is 0.330 e. The van der Waals surface area contributed by atoms with E-state index in [-0.39, 0.29) is 31.5 Å². The van der Waals surface area contributed by atoms with Crippen LogP contribution in [0.5, 0.6) is 0 Å². The Morgan fingerprint density at radius 2 is 1.97 bits per heavy atom. The van der Waals surface area contributed by atoms with Crippen LogP contribution in [0.25, 0.3) is 0 Å². The second-order valence-corrected chi connectivity index (χ2v) is 9.40. The molecule has 11 heteroatoms. The van der Waals surface area contributed by atoms with Gasteiger partial charge in [-0.1, -0.05) is 48.5 Å². The van der Waals surface area contributed by atoms with Crippen molar-refractivity contribution in [1.82, 2.24) is 9.55 Å². The number of esters is 1.